The normalized spacial score (nSPS) is 23.9. The van der Waals surface area contributed by atoms with Crippen molar-refractivity contribution in [2.75, 3.05) is 6.54 Å². The van der Waals surface area contributed by atoms with Crippen LogP contribution in [0.5, 0.6) is 0 Å². The van der Waals surface area contributed by atoms with Crippen molar-refractivity contribution in [2.45, 2.75) is 12.5 Å². The molecule has 17 heavy (non-hydrogen) atoms. The molecule has 2 rings (SSSR count). The van der Waals surface area contributed by atoms with Crippen LogP contribution in [0.25, 0.3) is 0 Å². The van der Waals surface area contributed by atoms with Gasteiger partial charge < -0.3 is 11.1 Å². The van der Waals surface area contributed by atoms with Crippen molar-refractivity contribution in [3.63, 3.8) is 0 Å². The molecule has 1 aliphatic rings. The van der Waals surface area contributed by atoms with Crippen LogP contribution in [0.15, 0.2) is 17.5 Å². The lowest BCUT2D eigenvalue weighted by atomic mass is 10.0. The van der Waals surface area contributed by atoms with Crippen molar-refractivity contribution >= 4 is 29.2 Å². The molecule has 0 radical (unpaired) electrons. The van der Waals surface area contributed by atoms with Gasteiger partial charge in [0.05, 0.1) is 0 Å². The quantitative estimate of drug-likeness (QED) is 0.743. The second-order valence-electron chi connectivity index (χ2n) is 3.89. The number of nitrogens with one attached hydrogen (secondary N) is 1. The average Bonchev–Trinajstić information content (AvgIpc) is 2.83. The number of carbonyl (C=O) groups excluding carboxylic acids is 3. The van der Waals surface area contributed by atoms with E-state index in [1.807, 2.05) is 5.38 Å². The van der Waals surface area contributed by atoms with Crippen LogP contribution in [0.2, 0.25) is 0 Å². The molecule has 7 heteroatoms. The highest BCUT2D eigenvalue weighted by Gasteiger charge is 2.49. The zero-order chi connectivity index (χ0) is 12.6. The molecule has 0 spiro atoms. The predicted molar refractivity (Wildman–Crippen MR) is 61.1 cm³/mol. The number of amides is 4. The van der Waals surface area contributed by atoms with E-state index in [4.69, 9.17) is 5.73 Å². The number of primary amides is 1. The lowest BCUT2D eigenvalue weighted by molar-refractivity contribution is -0.134. The molecule has 3 N–H and O–H groups in total. The van der Waals surface area contributed by atoms with Gasteiger partial charge in [0.15, 0.2) is 5.54 Å². The first-order valence-electron chi connectivity index (χ1n) is 4.91. The van der Waals surface area contributed by atoms with E-state index < -0.39 is 29.9 Å². The van der Waals surface area contributed by atoms with Gasteiger partial charge in [-0.2, -0.15) is 0 Å². The van der Waals surface area contributed by atoms with E-state index in [0.717, 1.165) is 9.78 Å². The Kier molecular flexibility index (Phi) is 2.62. The minimum atomic E-state index is -1.10. The summed E-state index contributed by atoms with van der Waals surface area (Å²) in [5.74, 6) is -1.17. The van der Waals surface area contributed by atoms with E-state index in [2.05, 4.69) is 5.32 Å². The van der Waals surface area contributed by atoms with E-state index in [1.165, 1.54) is 11.3 Å². The Morgan fingerprint density at radius 1 is 1.59 bits per heavy atom. The fourth-order valence-corrected chi connectivity index (χ4v) is 2.56. The lowest BCUT2D eigenvalue weighted by Crippen LogP contribution is -2.41. The monoisotopic (exact) mass is 253 g/mol. The molecule has 4 amide bonds. The molecular formula is C10H11N3O3S. The number of urea groups is 1. The van der Waals surface area contributed by atoms with Crippen LogP contribution in [0, 0.1) is 0 Å². The molecule has 0 aromatic carbocycles. The highest BCUT2D eigenvalue weighted by Crippen LogP contribution is 2.31. The number of nitrogens with two attached hydrogens (primary N) is 1. The zero-order valence-corrected chi connectivity index (χ0v) is 9.91. The Morgan fingerprint density at radius 3 is 2.82 bits per heavy atom. The van der Waals surface area contributed by atoms with E-state index in [9.17, 15) is 14.4 Å². The molecule has 1 aromatic heterocycles. The number of hydrogen-bond acceptors (Lipinski definition) is 4. The van der Waals surface area contributed by atoms with Crippen molar-refractivity contribution in [2.24, 2.45) is 5.73 Å². The summed E-state index contributed by atoms with van der Waals surface area (Å²) < 4.78 is 0. The molecule has 6 nitrogen and oxygen atoms in total. The maximum absolute atomic E-state index is 12.1. The topological polar surface area (TPSA) is 92.5 Å². The third-order valence-electron chi connectivity index (χ3n) is 2.60. The van der Waals surface area contributed by atoms with Gasteiger partial charge >= 0.3 is 6.03 Å². The number of thiophene rings is 1. The Bertz CT molecular complexity index is 485. The van der Waals surface area contributed by atoms with Crippen molar-refractivity contribution in [1.29, 1.82) is 0 Å². The van der Waals surface area contributed by atoms with E-state index in [-0.39, 0.29) is 0 Å². The Labute approximate surface area is 101 Å². The van der Waals surface area contributed by atoms with Gasteiger partial charge in [-0.25, -0.2) is 4.79 Å². The Balaban J connectivity index is 2.32. The van der Waals surface area contributed by atoms with Crippen molar-refractivity contribution in [1.82, 2.24) is 10.2 Å². The third-order valence-corrected chi connectivity index (χ3v) is 3.69. The van der Waals surface area contributed by atoms with Crippen LogP contribution < -0.4 is 11.1 Å². The van der Waals surface area contributed by atoms with Crippen LogP contribution in [0.4, 0.5) is 4.79 Å². The Hall–Kier alpha value is -1.89. The van der Waals surface area contributed by atoms with Gasteiger partial charge in [-0.15, -0.1) is 11.3 Å². The molecule has 90 valence electrons. The van der Waals surface area contributed by atoms with Gasteiger partial charge in [-0.1, -0.05) is 6.07 Å². The molecule has 2 heterocycles. The second kappa shape index (κ2) is 3.85. The standard InChI is InChI=1S/C10H11N3O3S/c1-10(6-3-2-4-17-6)8(15)13(5-7(11)14)9(16)12-10/h2-4H,5H2,1H3,(H2,11,14)(H,12,16). The summed E-state index contributed by atoms with van der Waals surface area (Å²) in [6.07, 6.45) is 0. The van der Waals surface area contributed by atoms with E-state index in [1.54, 1.807) is 19.1 Å². The van der Waals surface area contributed by atoms with Crippen LogP contribution in [-0.2, 0) is 15.1 Å². The van der Waals surface area contributed by atoms with Crippen LogP contribution in [0.1, 0.15) is 11.8 Å². The smallest absolute Gasteiger partial charge is 0.325 e. The van der Waals surface area contributed by atoms with Crippen molar-refractivity contribution < 1.29 is 14.4 Å². The largest absolute Gasteiger partial charge is 0.368 e. The highest BCUT2D eigenvalue weighted by atomic mass is 32.1. The predicted octanol–water partition coefficient (Wildman–Crippen LogP) is 0.000400. The second-order valence-corrected chi connectivity index (χ2v) is 4.84. The van der Waals surface area contributed by atoms with Crippen LogP contribution >= 0.6 is 11.3 Å². The summed E-state index contributed by atoms with van der Waals surface area (Å²) in [5, 5.41) is 4.39. The van der Waals surface area contributed by atoms with E-state index >= 15 is 0 Å². The molecule has 0 bridgehead atoms. The molecule has 1 aliphatic heterocycles. The first-order valence-corrected chi connectivity index (χ1v) is 5.79. The molecular weight excluding hydrogens is 242 g/mol. The van der Waals surface area contributed by atoms with Gasteiger partial charge in [0, 0.05) is 4.88 Å². The summed E-state index contributed by atoms with van der Waals surface area (Å²) in [6, 6.07) is 2.96. The van der Waals surface area contributed by atoms with Crippen molar-refractivity contribution in [3.8, 4) is 0 Å². The Morgan fingerprint density at radius 2 is 2.29 bits per heavy atom. The van der Waals surface area contributed by atoms with Crippen molar-refractivity contribution in [3.05, 3.63) is 22.4 Å². The fourth-order valence-electron chi connectivity index (χ4n) is 1.73. The molecule has 1 saturated heterocycles. The van der Waals surface area contributed by atoms with Gasteiger partial charge in [0.25, 0.3) is 5.91 Å². The van der Waals surface area contributed by atoms with Gasteiger partial charge in [-0.3, -0.25) is 14.5 Å². The van der Waals surface area contributed by atoms with Gasteiger partial charge in [-0.05, 0) is 18.4 Å². The fraction of sp³-hybridized carbons (Fsp3) is 0.300. The maximum Gasteiger partial charge on any atom is 0.325 e. The molecule has 1 fully saturated rings. The number of rotatable bonds is 3. The summed E-state index contributed by atoms with van der Waals surface area (Å²) >= 11 is 1.37. The van der Waals surface area contributed by atoms with Gasteiger partial charge in [0.1, 0.15) is 6.54 Å². The minimum Gasteiger partial charge on any atom is -0.368 e. The van der Waals surface area contributed by atoms with Gasteiger partial charge in [0.2, 0.25) is 5.91 Å². The highest BCUT2D eigenvalue weighted by molar-refractivity contribution is 7.10. The third kappa shape index (κ3) is 1.78. The van der Waals surface area contributed by atoms with E-state index in [0.29, 0.717) is 0 Å². The first kappa shape index (κ1) is 11.6. The summed E-state index contributed by atoms with van der Waals surface area (Å²) in [7, 11) is 0. The van der Waals surface area contributed by atoms with Crippen LogP contribution in [-0.4, -0.2) is 29.3 Å². The average molecular weight is 253 g/mol. The number of carbonyl (C=O) groups is 3. The van der Waals surface area contributed by atoms with Crippen LogP contribution in [0.3, 0.4) is 0 Å². The summed E-state index contributed by atoms with van der Waals surface area (Å²) in [4.78, 5) is 36.1. The molecule has 0 aliphatic carbocycles. The summed E-state index contributed by atoms with van der Waals surface area (Å²) in [6.45, 7) is 1.21. The number of hydrogen-bond donors (Lipinski definition) is 2. The number of nitrogens with zero attached hydrogens (tertiary/aromatic N) is 1. The molecule has 1 atom stereocenters. The number of imide groups is 1. The minimum absolute atomic E-state index is 0.397. The first-order chi connectivity index (χ1) is 7.95. The SMILES string of the molecule is CC1(c2cccs2)NC(=O)N(CC(N)=O)C1=O. The molecule has 0 saturated carbocycles. The zero-order valence-electron chi connectivity index (χ0n) is 9.10. The lowest BCUT2D eigenvalue weighted by Gasteiger charge is -2.19. The molecule has 1 unspecified atom stereocenters. The maximum atomic E-state index is 12.1. The summed E-state index contributed by atoms with van der Waals surface area (Å²) in [5.41, 5.74) is 3.90. The molecule has 1 aromatic rings.